The zero-order chi connectivity index (χ0) is 9.30. The molecule has 3 atom stereocenters. The van der Waals surface area contributed by atoms with Gasteiger partial charge in [-0.25, -0.2) is 0 Å². The van der Waals surface area contributed by atoms with Crippen molar-refractivity contribution in [3.63, 3.8) is 0 Å². The average molecular weight is 272 g/mol. The second kappa shape index (κ2) is 3.99. The molecule has 0 aromatic carbocycles. The molecule has 0 saturated carbocycles. The maximum absolute atomic E-state index is 5.95. The minimum absolute atomic E-state index is 0.0927. The van der Waals surface area contributed by atoms with Crippen molar-refractivity contribution in [3.8, 4) is 0 Å². The average Bonchev–Trinajstić information content (AvgIpc) is 2.74. The molecule has 0 amide bonds. The number of hydrogen-bond acceptors (Lipinski definition) is 1. The predicted molar refractivity (Wildman–Crippen MR) is 57.4 cm³/mol. The molecule has 0 radical (unpaired) electrons. The molecule has 0 aliphatic carbocycles. The van der Waals surface area contributed by atoms with Gasteiger partial charge < -0.3 is 4.90 Å². The summed E-state index contributed by atoms with van der Waals surface area (Å²) in [7, 11) is 1.65. The van der Waals surface area contributed by atoms with E-state index in [1.54, 1.807) is 13.1 Å². The Morgan fingerprint density at radius 2 is 2.42 bits per heavy atom. The van der Waals surface area contributed by atoms with Crippen LogP contribution >= 0.6 is 39.1 Å². The molecule has 12 heavy (non-hydrogen) atoms. The van der Waals surface area contributed by atoms with Crippen LogP contribution in [0.3, 0.4) is 0 Å². The normalized spacial score (nSPS) is 31.7. The molecule has 0 spiro atoms. The number of alkyl halides is 2. The maximum Gasteiger partial charge on any atom is 0.195 e. The van der Waals surface area contributed by atoms with Gasteiger partial charge in [-0.15, -0.1) is 18.2 Å². The molecule has 68 valence electrons. The van der Waals surface area contributed by atoms with Crippen molar-refractivity contribution < 1.29 is 0 Å². The summed E-state index contributed by atoms with van der Waals surface area (Å²) in [5.74, 6) is 0. The lowest BCUT2D eigenvalue weighted by Crippen LogP contribution is -2.13. The number of aliphatic imine (C=N–C) groups is 1. The van der Waals surface area contributed by atoms with E-state index in [4.69, 9.17) is 23.2 Å². The topological polar surface area (TPSA) is 15.4 Å². The molecule has 1 rings (SSSR count). The third-order valence-electron chi connectivity index (χ3n) is 1.73. The van der Waals surface area contributed by atoms with Gasteiger partial charge in [-0.05, 0) is 11.6 Å². The largest absolute Gasteiger partial charge is 0.325 e. The van der Waals surface area contributed by atoms with E-state index < -0.39 is 0 Å². The summed E-state index contributed by atoms with van der Waals surface area (Å²) in [6, 6.07) is 0.181. The van der Waals surface area contributed by atoms with Gasteiger partial charge in [0.25, 0.3) is 0 Å². The summed E-state index contributed by atoms with van der Waals surface area (Å²) in [6.45, 7) is 3.61. The third-order valence-corrected chi connectivity index (χ3v) is 3.51. The quantitative estimate of drug-likeness (QED) is 0.188. The van der Waals surface area contributed by atoms with Crippen LogP contribution in [-0.2, 0) is 0 Å². The number of hydrogen-bond donors (Lipinski definition) is 0. The van der Waals surface area contributed by atoms with E-state index in [1.165, 1.54) is 0 Å². The van der Waals surface area contributed by atoms with E-state index in [2.05, 4.69) is 27.5 Å². The first-order chi connectivity index (χ1) is 5.63. The first-order valence-electron chi connectivity index (χ1n) is 3.44. The molecule has 1 aliphatic rings. The van der Waals surface area contributed by atoms with Gasteiger partial charge in [-0.3, -0.25) is 4.99 Å². The number of nitrogens with zero attached hydrogens (tertiary/aromatic N) is 2. The fourth-order valence-corrected chi connectivity index (χ4v) is 2.69. The van der Waals surface area contributed by atoms with Crippen LogP contribution in [0.5, 0.6) is 0 Å². The van der Waals surface area contributed by atoms with Gasteiger partial charge >= 0.3 is 0 Å². The Bertz CT molecular complexity index is 219. The van der Waals surface area contributed by atoms with Crippen LogP contribution in [0.1, 0.15) is 0 Å². The van der Waals surface area contributed by atoms with Crippen LogP contribution in [-0.4, -0.2) is 33.6 Å². The highest BCUT2D eigenvalue weighted by Gasteiger charge is 2.50. The number of rotatable bonds is 2. The van der Waals surface area contributed by atoms with Gasteiger partial charge in [0.1, 0.15) is 4.95 Å². The highest BCUT2D eigenvalue weighted by atomic mass is 79.9. The molecule has 0 aromatic heterocycles. The van der Waals surface area contributed by atoms with Gasteiger partial charge in [-0.2, -0.15) is 0 Å². The summed E-state index contributed by atoms with van der Waals surface area (Å²) in [4.78, 5) is 5.93. The zero-order valence-electron chi connectivity index (χ0n) is 6.54. The van der Waals surface area contributed by atoms with E-state index in [0.717, 1.165) is 0 Å². The molecule has 0 N–H and O–H groups in total. The van der Waals surface area contributed by atoms with Crippen LogP contribution < -0.4 is 0 Å². The van der Waals surface area contributed by atoms with Crippen LogP contribution in [0.4, 0.5) is 0 Å². The van der Waals surface area contributed by atoms with E-state index in [0.29, 0.717) is 5.29 Å². The maximum atomic E-state index is 5.95. The van der Waals surface area contributed by atoms with Crippen LogP contribution in [0.25, 0.3) is 0 Å². The first-order valence-corrected chi connectivity index (χ1v) is 5.17. The molecule has 0 aromatic rings. The zero-order valence-corrected chi connectivity index (χ0v) is 9.64. The smallest absolute Gasteiger partial charge is 0.195 e. The second-order valence-electron chi connectivity index (χ2n) is 2.44. The van der Waals surface area contributed by atoms with Gasteiger partial charge in [0.15, 0.2) is 5.29 Å². The first kappa shape index (κ1) is 10.4. The van der Waals surface area contributed by atoms with Crippen molar-refractivity contribution in [2.24, 2.45) is 4.99 Å². The summed E-state index contributed by atoms with van der Waals surface area (Å²) in [6.07, 6.45) is 1.69. The van der Waals surface area contributed by atoms with E-state index in [9.17, 15) is 0 Å². The number of amidine groups is 1. The standard InChI is InChI=1S/C7H9BrCl2N2/c1-3-4(9)5-6(8)12(5)7(10)11-2/h3-6H,1H2,2H3/t4?,5?,6-,12?/m0/s1. The minimum Gasteiger partial charge on any atom is -0.325 e. The summed E-state index contributed by atoms with van der Waals surface area (Å²) >= 11 is 15.2. The molecular formula is C7H9BrCl2N2. The van der Waals surface area contributed by atoms with Crippen molar-refractivity contribution in [1.82, 2.24) is 4.90 Å². The van der Waals surface area contributed by atoms with Gasteiger partial charge in [0, 0.05) is 7.05 Å². The van der Waals surface area contributed by atoms with Crippen LogP contribution in [0.15, 0.2) is 17.6 Å². The molecule has 2 unspecified atom stereocenters. The highest BCUT2D eigenvalue weighted by molar-refractivity contribution is 9.09. The Kier molecular flexibility index (Phi) is 3.44. The Morgan fingerprint density at radius 1 is 1.83 bits per heavy atom. The summed E-state index contributed by atoms with van der Waals surface area (Å²) < 4.78 is 0. The Morgan fingerprint density at radius 3 is 2.83 bits per heavy atom. The summed E-state index contributed by atoms with van der Waals surface area (Å²) in [5, 5.41) is 0.388. The van der Waals surface area contributed by atoms with Crippen molar-refractivity contribution in [3.05, 3.63) is 12.7 Å². The van der Waals surface area contributed by atoms with Gasteiger partial charge in [0.2, 0.25) is 0 Å². The SMILES string of the molecule is C=CC(Cl)C1[C@@H](Br)N1C(Cl)=NC. The number of halogens is 3. The second-order valence-corrected chi connectivity index (χ2v) is 4.22. The fourth-order valence-electron chi connectivity index (χ4n) is 1.00. The lowest BCUT2D eigenvalue weighted by molar-refractivity contribution is 0.741. The van der Waals surface area contributed by atoms with E-state index in [-0.39, 0.29) is 16.4 Å². The van der Waals surface area contributed by atoms with Gasteiger partial charge in [-0.1, -0.05) is 22.0 Å². The highest BCUT2D eigenvalue weighted by Crippen LogP contribution is 2.39. The Labute approximate surface area is 90.4 Å². The monoisotopic (exact) mass is 270 g/mol. The minimum atomic E-state index is -0.0927. The fraction of sp³-hybridized carbons (Fsp3) is 0.571. The van der Waals surface area contributed by atoms with Gasteiger partial charge in [0.05, 0.1) is 11.4 Å². The molecule has 1 heterocycles. The molecule has 0 bridgehead atoms. The predicted octanol–water partition coefficient (Wildman–Crippen LogP) is 2.41. The lowest BCUT2D eigenvalue weighted by atomic mass is 10.3. The van der Waals surface area contributed by atoms with E-state index >= 15 is 0 Å². The molecule has 2 nitrogen and oxygen atoms in total. The van der Waals surface area contributed by atoms with Crippen molar-refractivity contribution in [2.75, 3.05) is 7.05 Å². The third kappa shape index (κ3) is 1.78. The molecule has 5 heteroatoms. The van der Waals surface area contributed by atoms with Crippen molar-refractivity contribution >= 4 is 44.4 Å². The molecule has 1 saturated heterocycles. The van der Waals surface area contributed by atoms with Crippen molar-refractivity contribution in [1.29, 1.82) is 0 Å². The lowest BCUT2D eigenvalue weighted by Gasteiger charge is -2.02. The van der Waals surface area contributed by atoms with Crippen LogP contribution in [0.2, 0.25) is 0 Å². The summed E-state index contributed by atoms with van der Waals surface area (Å²) in [5.41, 5.74) is 0. The molecule has 1 aliphatic heterocycles. The Hall–Kier alpha value is 0.270. The van der Waals surface area contributed by atoms with Crippen LogP contribution in [0, 0.1) is 0 Å². The molecular weight excluding hydrogens is 263 g/mol. The molecule has 1 fully saturated rings. The van der Waals surface area contributed by atoms with E-state index in [1.807, 2.05) is 4.90 Å². The Balaban J connectivity index is 2.59. The van der Waals surface area contributed by atoms with Crippen molar-refractivity contribution in [2.45, 2.75) is 16.4 Å².